The van der Waals surface area contributed by atoms with Crippen LogP contribution in [0.5, 0.6) is 5.75 Å². The van der Waals surface area contributed by atoms with Gasteiger partial charge in [-0.1, -0.05) is 12.1 Å². The van der Waals surface area contributed by atoms with Gasteiger partial charge in [-0.2, -0.15) is 0 Å². The third kappa shape index (κ3) is 6.45. The van der Waals surface area contributed by atoms with Gasteiger partial charge in [-0.25, -0.2) is 0 Å². The summed E-state index contributed by atoms with van der Waals surface area (Å²) in [4.78, 5) is 0. The van der Waals surface area contributed by atoms with Crippen LogP contribution in [0.25, 0.3) is 0 Å². The Morgan fingerprint density at radius 2 is 1.84 bits per heavy atom. The van der Waals surface area contributed by atoms with Gasteiger partial charge < -0.3 is 15.2 Å². The molecule has 0 saturated heterocycles. The van der Waals surface area contributed by atoms with E-state index >= 15 is 0 Å². The van der Waals surface area contributed by atoms with Crippen LogP contribution in [0.3, 0.4) is 0 Å². The fraction of sp³-hybridized carbons (Fsp3) is 0.538. The van der Waals surface area contributed by atoms with Gasteiger partial charge in [-0.3, -0.25) is 0 Å². The number of nitrogens with two attached hydrogens (primary N) is 1. The Kier molecular flexibility index (Phi) is 4.81. The monoisotopic (exact) mass is 277 g/mol. The Morgan fingerprint density at radius 1 is 1.21 bits per heavy atom. The number of hydrogen-bond donors (Lipinski definition) is 1. The lowest BCUT2D eigenvalue weighted by atomic mass is 10.1. The summed E-state index contributed by atoms with van der Waals surface area (Å²) in [6.07, 6.45) is -4.70. The molecule has 0 radical (unpaired) electrons. The predicted molar refractivity (Wildman–Crippen MR) is 65.8 cm³/mol. The Morgan fingerprint density at radius 3 is 2.37 bits per heavy atom. The van der Waals surface area contributed by atoms with Crippen molar-refractivity contribution in [2.75, 3.05) is 6.61 Å². The van der Waals surface area contributed by atoms with Gasteiger partial charge in [0.15, 0.2) is 0 Å². The molecule has 3 nitrogen and oxygen atoms in total. The zero-order chi connectivity index (χ0) is 14.7. The van der Waals surface area contributed by atoms with Crippen molar-refractivity contribution in [2.24, 2.45) is 5.73 Å². The summed E-state index contributed by atoms with van der Waals surface area (Å²) in [5.41, 5.74) is 6.06. The quantitative estimate of drug-likeness (QED) is 0.917. The van der Waals surface area contributed by atoms with Crippen molar-refractivity contribution in [1.82, 2.24) is 0 Å². The van der Waals surface area contributed by atoms with Crippen LogP contribution >= 0.6 is 0 Å². The normalized spacial score (nSPS) is 14.3. The molecule has 0 heterocycles. The van der Waals surface area contributed by atoms with E-state index in [9.17, 15) is 13.2 Å². The number of hydrogen-bond acceptors (Lipinski definition) is 3. The van der Waals surface area contributed by atoms with E-state index in [2.05, 4.69) is 4.74 Å². The van der Waals surface area contributed by atoms with Crippen molar-refractivity contribution in [3.8, 4) is 5.75 Å². The largest absolute Gasteiger partial charge is 0.573 e. The number of ether oxygens (including phenoxy) is 2. The highest BCUT2D eigenvalue weighted by molar-refractivity contribution is 5.30. The first-order chi connectivity index (χ1) is 8.57. The zero-order valence-corrected chi connectivity index (χ0v) is 11.1. The molecule has 0 amide bonds. The maximum Gasteiger partial charge on any atom is 0.573 e. The Balaban J connectivity index is 2.70. The molecule has 0 spiro atoms. The summed E-state index contributed by atoms with van der Waals surface area (Å²) in [5, 5.41) is 0. The standard InChI is InChI=1S/C13H18F3NO2/c1-12(2,3)18-8-11(17)9-5-4-6-10(7-9)19-13(14,15)16/h4-7,11H,8,17H2,1-3H3. The molecule has 108 valence electrons. The molecule has 1 aromatic carbocycles. The first-order valence-corrected chi connectivity index (χ1v) is 5.82. The highest BCUT2D eigenvalue weighted by atomic mass is 19.4. The van der Waals surface area contributed by atoms with Crippen molar-refractivity contribution < 1.29 is 22.6 Å². The molecule has 6 heteroatoms. The molecule has 0 fully saturated rings. The molecule has 0 aromatic heterocycles. The summed E-state index contributed by atoms with van der Waals surface area (Å²) in [7, 11) is 0. The third-order valence-electron chi connectivity index (χ3n) is 2.22. The summed E-state index contributed by atoms with van der Waals surface area (Å²) >= 11 is 0. The molecule has 2 N–H and O–H groups in total. The van der Waals surface area contributed by atoms with E-state index in [-0.39, 0.29) is 18.0 Å². The molecule has 0 saturated carbocycles. The van der Waals surface area contributed by atoms with Crippen LogP contribution in [-0.4, -0.2) is 18.6 Å². The van der Waals surface area contributed by atoms with E-state index in [1.54, 1.807) is 6.07 Å². The van der Waals surface area contributed by atoms with Gasteiger partial charge in [-0.05, 0) is 38.5 Å². The predicted octanol–water partition coefficient (Wildman–Crippen LogP) is 3.40. The first-order valence-electron chi connectivity index (χ1n) is 5.82. The number of halogens is 3. The lowest BCUT2D eigenvalue weighted by molar-refractivity contribution is -0.274. The molecule has 1 atom stereocenters. The fourth-order valence-corrected chi connectivity index (χ4v) is 1.38. The van der Waals surface area contributed by atoms with E-state index in [1.807, 2.05) is 20.8 Å². The molecule has 1 aromatic rings. The second kappa shape index (κ2) is 5.79. The van der Waals surface area contributed by atoms with Crippen LogP contribution < -0.4 is 10.5 Å². The Hall–Kier alpha value is -1.27. The van der Waals surface area contributed by atoms with Crippen LogP contribution in [0.1, 0.15) is 32.4 Å². The van der Waals surface area contributed by atoms with Gasteiger partial charge in [-0.15, -0.1) is 13.2 Å². The van der Waals surface area contributed by atoms with Gasteiger partial charge in [0.25, 0.3) is 0 Å². The van der Waals surface area contributed by atoms with Crippen molar-refractivity contribution in [3.63, 3.8) is 0 Å². The van der Waals surface area contributed by atoms with E-state index in [4.69, 9.17) is 10.5 Å². The van der Waals surface area contributed by atoms with Crippen LogP contribution in [0, 0.1) is 0 Å². The van der Waals surface area contributed by atoms with Crippen LogP contribution in [0.15, 0.2) is 24.3 Å². The summed E-state index contributed by atoms with van der Waals surface area (Å²) in [6, 6.07) is 5.10. The molecule has 1 rings (SSSR count). The SMILES string of the molecule is CC(C)(C)OCC(N)c1cccc(OC(F)(F)F)c1. The molecular weight excluding hydrogens is 259 g/mol. The highest BCUT2D eigenvalue weighted by Crippen LogP contribution is 2.25. The summed E-state index contributed by atoms with van der Waals surface area (Å²) in [5.74, 6) is -0.281. The summed E-state index contributed by atoms with van der Waals surface area (Å²) < 4.78 is 45.6. The number of alkyl halides is 3. The van der Waals surface area contributed by atoms with E-state index in [0.29, 0.717) is 5.56 Å². The molecule has 19 heavy (non-hydrogen) atoms. The van der Waals surface area contributed by atoms with Crippen LogP contribution in [0.2, 0.25) is 0 Å². The minimum Gasteiger partial charge on any atom is -0.406 e. The Labute approximate surface area is 110 Å². The van der Waals surface area contributed by atoms with Crippen LogP contribution in [-0.2, 0) is 4.74 Å². The Bertz CT molecular complexity index is 413. The zero-order valence-electron chi connectivity index (χ0n) is 11.1. The second-order valence-corrected chi connectivity index (χ2v) is 5.15. The van der Waals surface area contributed by atoms with E-state index in [0.717, 1.165) is 0 Å². The molecule has 0 aliphatic heterocycles. The summed E-state index contributed by atoms with van der Waals surface area (Å²) in [6.45, 7) is 5.85. The topological polar surface area (TPSA) is 44.5 Å². The minimum absolute atomic E-state index is 0.221. The highest BCUT2D eigenvalue weighted by Gasteiger charge is 2.31. The smallest absolute Gasteiger partial charge is 0.406 e. The average molecular weight is 277 g/mol. The molecule has 1 unspecified atom stereocenters. The minimum atomic E-state index is -4.70. The van der Waals surface area contributed by atoms with Gasteiger partial charge in [0.1, 0.15) is 5.75 Å². The third-order valence-corrected chi connectivity index (χ3v) is 2.22. The maximum atomic E-state index is 12.1. The molecular formula is C13H18F3NO2. The lowest BCUT2D eigenvalue weighted by Gasteiger charge is -2.22. The van der Waals surface area contributed by atoms with Crippen molar-refractivity contribution in [3.05, 3.63) is 29.8 Å². The fourth-order valence-electron chi connectivity index (χ4n) is 1.38. The van der Waals surface area contributed by atoms with Crippen LogP contribution in [0.4, 0.5) is 13.2 Å². The maximum absolute atomic E-state index is 12.1. The first kappa shape index (κ1) is 15.8. The van der Waals surface area contributed by atoms with Gasteiger partial charge in [0.2, 0.25) is 0 Å². The van der Waals surface area contributed by atoms with Crippen molar-refractivity contribution in [2.45, 2.75) is 38.8 Å². The molecule has 0 aliphatic carbocycles. The lowest BCUT2D eigenvalue weighted by Crippen LogP contribution is -2.26. The number of benzene rings is 1. The van der Waals surface area contributed by atoms with E-state index in [1.165, 1.54) is 18.2 Å². The van der Waals surface area contributed by atoms with Gasteiger partial charge in [0.05, 0.1) is 18.2 Å². The number of rotatable bonds is 4. The molecule has 0 bridgehead atoms. The van der Waals surface area contributed by atoms with Crippen molar-refractivity contribution in [1.29, 1.82) is 0 Å². The molecule has 0 aliphatic rings. The average Bonchev–Trinajstić information content (AvgIpc) is 2.23. The van der Waals surface area contributed by atoms with E-state index < -0.39 is 12.4 Å². The van der Waals surface area contributed by atoms with Crippen molar-refractivity contribution >= 4 is 0 Å². The van der Waals surface area contributed by atoms with Gasteiger partial charge in [0, 0.05) is 0 Å². The van der Waals surface area contributed by atoms with Gasteiger partial charge >= 0.3 is 6.36 Å². The second-order valence-electron chi connectivity index (χ2n) is 5.15.